The Bertz CT molecular complexity index is 1420. The Balaban J connectivity index is 1.11. The molecule has 2 atom stereocenters. The molecule has 4 aromatic carbocycles. The predicted octanol–water partition coefficient (Wildman–Crippen LogP) is 16.7. The van der Waals surface area contributed by atoms with Gasteiger partial charge in [0.05, 0.1) is 0 Å². The topological polar surface area (TPSA) is 52.0 Å². The quantitative estimate of drug-likeness (QED) is 0.0384. The summed E-state index contributed by atoms with van der Waals surface area (Å²) in [6, 6.07) is 36.5. The fourth-order valence-corrected chi connectivity index (χ4v) is 8.85. The minimum absolute atomic E-state index is 0.459. The number of rotatable bonds is 32. The minimum atomic E-state index is 0.459. The number of nitrogen functional groups attached to an aromatic ring is 2. The second kappa shape index (κ2) is 28.8. The molecule has 0 saturated carbocycles. The highest BCUT2D eigenvalue weighted by molar-refractivity contribution is 5.44. The largest absolute Gasteiger partial charge is 0.399 e. The predicted molar refractivity (Wildman–Crippen MR) is 252 cm³/mol. The van der Waals surface area contributed by atoms with E-state index >= 15 is 0 Å². The van der Waals surface area contributed by atoms with Crippen molar-refractivity contribution in [3.05, 3.63) is 130 Å². The number of anilines is 2. The monoisotopic (exact) mass is 771 g/mol. The van der Waals surface area contributed by atoms with Gasteiger partial charge in [0.25, 0.3) is 0 Å². The van der Waals surface area contributed by atoms with Gasteiger partial charge >= 0.3 is 0 Å². The van der Waals surface area contributed by atoms with Crippen molar-refractivity contribution in [2.45, 2.75) is 199 Å². The summed E-state index contributed by atoms with van der Waals surface area (Å²) in [4.78, 5) is 0. The highest BCUT2D eigenvalue weighted by atomic mass is 14.5. The maximum absolute atomic E-state index is 6.05. The molecule has 2 heteroatoms. The fraction of sp³-hybridized carbons (Fsp3) is 0.564. The van der Waals surface area contributed by atoms with Crippen molar-refractivity contribution in [2.24, 2.45) is 0 Å². The van der Waals surface area contributed by atoms with Crippen molar-refractivity contribution in [3.63, 3.8) is 0 Å². The summed E-state index contributed by atoms with van der Waals surface area (Å²) < 4.78 is 0. The van der Waals surface area contributed by atoms with Crippen LogP contribution in [0, 0.1) is 0 Å². The standard InChI is InChI=1S/C55H82N2/c1-3-5-7-9-11-16-20-24-28-54(50-38-42-52(56)43-39-50)48-34-30-46(31-35-48)26-22-18-14-13-15-19-23-27-47-32-36-49(37-33-47)55(51-40-44-53(57)45-41-51)29-25-21-17-12-10-8-6-4-2/h30-45,54-55H,3-29,56-57H2,1-2H3. The Morgan fingerprint density at radius 3 is 0.842 bits per heavy atom. The van der Waals surface area contributed by atoms with Crippen LogP contribution in [-0.4, -0.2) is 0 Å². The Hall–Kier alpha value is -3.52. The molecule has 0 heterocycles. The molecule has 2 unspecified atom stereocenters. The maximum atomic E-state index is 6.05. The van der Waals surface area contributed by atoms with Crippen LogP contribution in [0.25, 0.3) is 0 Å². The van der Waals surface area contributed by atoms with E-state index in [9.17, 15) is 0 Å². The highest BCUT2D eigenvalue weighted by Gasteiger charge is 2.16. The van der Waals surface area contributed by atoms with Gasteiger partial charge in [-0.05, 0) is 96.2 Å². The lowest BCUT2D eigenvalue weighted by atomic mass is 9.86. The van der Waals surface area contributed by atoms with Gasteiger partial charge in [-0.2, -0.15) is 0 Å². The molecule has 0 amide bonds. The van der Waals surface area contributed by atoms with Crippen molar-refractivity contribution < 1.29 is 0 Å². The Labute approximate surface area is 351 Å². The van der Waals surface area contributed by atoms with Gasteiger partial charge in [-0.15, -0.1) is 0 Å². The molecule has 0 aliphatic heterocycles. The van der Waals surface area contributed by atoms with E-state index in [2.05, 4.69) is 111 Å². The van der Waals surface area contributed by atoms with Gasteiger partial charge in [0.2, 0.25) is 0 Å². The van der Waals surface area contributed by atoms with Crippen LogP contribution in [0.15, 0.2) is 97.1 Å². The van der Waals surface area contributed by atoms with Crippen molar-refractivity contribution in [3.8, 4) is 0 Å². The first-order chi connectivity index (χ1) is 28.1. The van der Waals surface area contributed by atoms with Crippen molar-refractivity contribution in [1.29, 1.82) is 0 Å². The summed E-state index contributed by atoms with van der Waals surface area (Å²) in [5.74, 6) is 0.919. The van der Waals surface area contributed by atoms with E-state index < -0.39 is 0 Å². The van der Waals surface area contributed by atoms with Crippen LogP contribution in [0.2, 0.25) is 0 Å². The third-order valence-electron chi connectivity index (χ3n) is 12.6. The number of nitrogens with two attached hydrogens (primary N) is 2. The molecule has 0 radical (unpaired) electrons. The molecule has 2 nitrogen and oxygen atoms in total. The number of hydrogen-bond acceptors (Lipinski definition) is 2. The summed E-state index contributed by atoms with van der Waals surface area (Å²) in [6.07, 6.45) is 36.0. The second-order valence-electron chi connectivity index (χ2n) is 17.4. The average Bonchev–Trinajstić information content (AvgIpc) is 3.23. The lowest BCUT2D eigenvalue weighted by Crippen LogP contribution is -2.02. The number of unbranched alkanes of at least 4 members (excludes halogenated alkanes) is 20. The van der Waals surface area contributed by atoms with E-state index in [4.69, 9.17) is 11.5 Å². The zero-order chi connectivity index (χ0) is 40.2. The van der Waals surface area contributed by atoms with Gasteiger partial charge in [-0.25, -0.2) is 0 Å². The van der Waals surface area contributed by atoms with Crippen LogP contribution in [0.4, 0.5) is 11.4 Å². The zero-order valence-corrected chi connectivity index (χ0v) is 36.6. The van der Waals surface area contributed by atoms with E-state index in [-0.39, 0.29) is 0 Å². The Kier molecular flexibility index (Phi) is 23.3. The molecule has 0 aliphatic carbocycles. The molecular weight excluding hydrogens is 689 g/mol. The van der Waals surface area contributed by atoms with Gasteiger partial charge in [0.15, 0.2) is 0 Å². The second-order valence-corrected chi connectivity index (χ2v) is 17.4. The van der Waals surface area contributed by atoms with Gasteiger partial charge in [0.1, 0.15) is 0 Å². The van der Waals surface area contributed by atoms with Crippen LogP contribution in [-0.2, 0) is 12.8 Å². The van der Waals surface area contributed by atoms with E-state index in [0.717, 1.165) is 11.4 Å². The Morgan fingerprint density at radius 2 is 0.544 bits per heavy atom. The molecule has 0 spiro atoms. The van der Waals surface area contributed by atoms with E-state index in [0.29, 0.717) is 11.8 Å². The van der Waals surface area contributed by atoms with Crippen molar-refractivity contribution in [1.82, 2.24) is 0 Å². The molecule has 0 aliphatic rings. The Morgan fingerprint density at radius 1 is 0.298 bits per heavy atom. The molecule has 4 N–H and O–H groups in total. The van der Waals surface area contributed by atoms with E-state index in [1.807, 2.05) is 0 Å². The SMILES string of the molecule is CCCCCCCCCCC(c1ccc(N)cc1)c1ccc(CCCCCCCCCc2ccc(C(CCCCCCCCCC)c3ccc(N)cc3)cc2)cc1. The fourth-order valence-electron chi connectivity index (χ4n) is 8.85. The molecule has 0 bridgehead atoms. The maximum Gasteiger partial charge on any atom is 0.0314 e. The highest BCUT2D eigenvalue weighted by Crippen LogP contribution is 2.33. The molecule has 4 aromatic rings. The van der Waals surface area contributed by atoms with Crippen molar-refractivity contribution >= 4 is 11.4 Å². The zero-order valence-electron chi connectivity index (χ0n) is 36.6. The third-order valence-corrected chi connectivity index (χ3v) is 12.6. The molecule has 312 valence electrons. The lowest BCUT2D eigenvalue weighted by Gasteiger charge is -2.19. The first-order valence-corrected chi connectivity index (χ1v) is 24.0. The van der Waals surface area contributed by atoms with Gasteiger partial charge in [-0.1, -0.05) is 221 Å². The summed E-state index contributed by atoms with van der Waals surface area (Å²) >= 11 is 0. The van der Waals surface area contributed by atoms with E-state index in [1.54, 1.807) is 0 Å². The minimum Gasteiger partial charge on any atom is -0.399 e. The van der Waals surface area contributed by atoms with Crippen LogP contribution in [0.5, 0.6) is 0 Å². The number of hydrogen-bond donors (Lipinski definition) is 2. The van der Waals surface area contributed by atoms with Crippen LogP contribution in [0.1, 0.15) is 220 Å². The van der Waals surface area contributed by atoms with Crippen molar-refractivity contribution in [2.75, 3.05) is 11.5 Å². The molecule has 0 aromatic heterocycles. The van der Waals surface area contributed by atoms with Gasteiger partial charge in [-0.3, -0.25) is 0 Å². The number of benzene rings is 4. The average molecular weight is 771 g/mol. The molecule has 4 rings (SSSR count). The normalized spacial score (nSPS) is 12.5. The summed E-state index contributed by atoms with van der Waals surface area (Å²) in [5.41, 5.74) is 22.5. The summed E-state index contributed by atoms with van der Waals surface area (Å²) in [6.45, 7) is 4.59. The third kappa shape index (κ3) is 18.7. The van der Waals surface area contributed by atoms with Gasteiger partial charge in [0, 0.05) is 23.2 Å². The molecule has 0 fully saturated rings. The smallest absolute Gasteiger partial charge is 0.0314 e. The first kappa shape index (κ1) is 46.2. The van der Waals surface area contributed by atoms with Crippen LogP contribution < -0.4 is 11.5 Å². The van der Waals surface area contributed by atoms with E-state index in [1.165, 1.54) is 207 Å². The summed E-state index contributed by atoms with van der Waals surface area (Å²) in [7, 11) is 0. The first-order valence-electron chi connectivity index (χ1n) is 24.0. The van der Waals surface area contributed by atoms with Crippen LogP contribution >= 0.6 is 0 Å². The lowest BCUT2D eigenvalue weighted by molar-refractivity contribution is 0.551. The number of aryl methyl sites for hydroxylation is 2. The summed E-state index contributed by atoms with van der Waals surface area (Å²) in [5, 5.41) is 0. The molecular formula is C55H82N2. The van der Waals surface area contributed by atoms with Crippen LogP contribution in [0.3, 0.4) is 0 Å². The molecule has 57 heavy (non-hydrogen) atoms. The van der Waals surface area contributed by atoms with Gasteiger partial charge < -0.3 is 11.5 Å². The molecule has 0 saturated heterocycles.